The Morgan fingerprint density at radius 2 is 2.04 bits per heavy atom. The number of methoxy groups -OCH3 is 1. The van der Waals surface area contributed by atoms with E-state index in [9.17, 15) is 0 Å². The van der Waals surface area contributed by atoms with Crippen LogP contribution in [0.3, 0.4) is 0 Å². The van der Waals surface area contributed by atoms with Gasteiger partial charge in [-0.2, -0.15) is 0 Å². The molecule has 0 radical (unpaired) electrons. The molecule has 0 aliphatic heterocycles. The number of aliphatic imine (C=N–C) groups is 1. The maximum Gasteiger partial charge on any atom is 0.193 e. The third kappa shape index (κ3) is 6.50. The van der Waals surface area contributed by atoms with E-state index in [0.717, 1.165) is 36.0 Å². The van der Waals surface area contributed by atoms with Gasteiger partial charge in [-0.1, -0.05) is 30.3 Å². The molecule has 142 valence electrons. The number of H-pyrrole nitrogens is 1. The zero-order valence-electron chi connectivity index (χ0n) is 15.9. The van der Waals surface area contributed by atoms with Gasteiger partial charge in [0.2, 0.25) is 0 Å². The van der Waals surface area contributed by atoms with E-state index >= 15 is 0 Å². The highest BCUT2D eigenvalue weighted by molar-refractivity contribution is 5.79. The summed E-state index contributed by atoms with van der Waals surface area (Å²) >= 11 is 0. The molecule has 1 aromatic heterocycles. The van der Waals surface area contributed by atoms with E-state index < -0.39 is 0 Å². The van der Waals surface area contributed by atoms with Crippen LogP contribution in [0.2, 0.25) is 0 Å². The minimum absolute atomic E-state index is 0.631. The van der Waals surface area contributed by atoms with Crippen LogP contribution in [-0.2, 0) is 16.0 Å². The van der Waals surface area contributed by atoms with Gasteiger partial charge in [0.1, 0.15) is 5.82 Å². The van der Waals surface area contributed by atoms with Crippen LogP contribution in [0.4, 0.5) is 0 Å². The second-order valence-electron chi connectivity index (χ2n) is 5.90. The molecule has 0 saturated heterocycles. The SMILES string of the molecule is CN=C(NCCCOCCOC)N(C)Cc1ncc(-c2ccccc2)[nH]1. The van der Waals surface area contributed by atoms with Gasteiger partial charge in [0, 0.05) is 34.4 Å². The fourth-order valence-corrected chi connectivity index (χ4v) is 2.51. The monoisotopic (exact) mass is 359 g/mol. The lowest BCUT2D eigenvalue weighted by molar-refractivity contribution is 0.0698. The van der Waals surface area contributed by atoms with E-state index in [0.29, 0.717) is 26.4 Å². The summed E-state index contributed by atoms with van der Waals surface area (Å²) in [6.07, 6.45) is 2.78. The second kappa shape index (κ2) is 11.3. The summed E-state index contributed by atoms with van der Waals surface area (Å²) in [6.45, 7) is 3.42. The van der Waals surface area contributed by atoms with Gasteiger partial charge in [-0.25, -0.2) is 4.98 Å². The number of guanidine groups is 1. The molecule has 0 atom stereocenters. The third-order valence-corrected chi connectivity index (χ3v) is 3.85. The van der Waals surface area contributed by atoms with Crippen LogP contribution in [-0.4, -0.2) is 68.4 Å². The molecular weight excluding hydrogens is 330 g/mol. The minimum Gasteiger partial charge on any atom is -0.382 e. The molecule has 0 spiro atoms. The summed E-state index contributed by atoms with van der Waals surface area (Å²) in [5, 5.41) is 3.34. The van der Waals surface area contributed by atoms with E-state index in [1.165, 1.54) is 0 Å². The number of hydrogen-bond donors (Lipinski definition) is 2. The highest BCUT2D eigenvalue weighted by atomic mass is 16.5. The fourth-order valence-electron chi connectivity index (χ4n) is 2.51. The van der Waals surface area contributed by atoms with Crippen molar-refractivity contribution < 1.29 is 9.47 Å². The molecule has 7 heteroatoms. The van der Waals surface area contributed by atoms with Gasteiger partial charge in [0.05, 0.1) is 31.6 Å². The first-order valence-electron chi connectivity index (χ1n) is 8.82. The summed E-state index contributed by atoms with van der Waals surface area (Å²) in [4.78, 5) is 14.2. The number of nitrogens with zero attached hydrogens (tertiary/aromatic N) is 3. The van der Waals surface area contributed by atoms with E-state index in [4.69, 9.17) is 9.47 Å². The number of aromatic amines is 1. The number of benzene rings is 1. The Morgan fingerprint density at radius 1 is 1.23 bits per heavy atom. The van der Waals surface area contributed by atoms with Gasteiger partial charge in [-0.15, -0.1) is 0 Å². The molecule has 0 saturated carbocycles. The van der Waals surface area contributed by atoms with E-state index in [2.05, 4.69) is 32.4 Å². The summed E-state index contributed by atoms with van der Waals surface area (Å²) in [6, 6.07) is 10.2. The number of hydrogen-bond acceptors (Lipinski definition) is 4. The molecule has 2 N–H and O–H groups in total. The minimum atomic E-state index is 0.631. The Morgan fingerprint density at radius 3 is 2.77 bits per heavy atom. The summed E-state index contributed by atoms with van der Waals surface area (Å²) in [5.41, 5.74) is 2.15. The van der Waals surface area contributed by atoms with Gasteiger partial charge < -0.3 is 24.7 Å². The Bertz CT molecular complexity index is 657. The molecule has 7 nitrogen and oxygen atoms in total. The van der Waals surface area contributed by atoms with Crippen molar-refractivity contribution in [2.24, 2.45) is 4.99 Å². The standard InChI is InChI=1S/C19H29N5O2/c1-20-19(21-10-7-11-26-13-12-25-3)24(2)15-18-22-14-17(23-18)16-8-5-4-6-9-16/h4-6,8-9,14H,7,10-13,15H2,1-3H3,(H,20,21)(H,22,23). The summed E-state index contributed by atoms with van der Waals surface area (Å²) in [7, 11) is 5.45. The van der Waals surface area contributed by atoms with Crippen LogP contribution in [0.5, 0.6) is 0 Å². The molecule has 1 heterocycles. The van der Waals surface area contributed by atoms with Gasteiger partial charge in [0.25, 0.3) is 0 Å². The smallest absolute Gasteiger partial charge is 0.193 e. The van der Waals surface area contributed by atoms with Crippen molar-refractivity contribution in [3.63, 3.8) is 0 Å². The molecule has 0 unspecified atom stereocenters. The van der Waals surface area contributed by atoms with Gasteiger partial charge in [0.15, 0.2) is 5.96 Å². The predicted octanol–water partition coefficient (Wildman–Crippen LogP) is 2.14. The molecular formula is C19H29N5O2. The van der Waals surface area contributed by atoms with Crippen molar-refractivity contribution in [2.75, 3.05) is 47.6 Å². The van der Waals surface area contributed by atoms with E-state index in [1.807, 2.05) is 36.3 Å². The predicted molar refractivity (Wildman–Crippen MR) is 104 cm³/mol. The Labute approximate surface area is 155 Å². The van der Waals surface area contributed by atoms with Crippen molar-refractivity contribution in [1.29, 1.82) is 0 Å². The lowest BCUT2D eigenvalue weighted by atomic mass is 10.2. The van der Waals surface area contributed by atoms with Crippen molar-refractivity contribution in [3.05, 3.63) is 42.4 Å². The van der Waals surface area contributed by atoms with Crippen LogP contribution >= 0.6 is 0 Å². The first kappa shape index (κ1) is 19.9. The highest BCUT2D eigenvalue weighted by Gasteiger charge is 2.09. The Kier molecular flexibility index (Phi) is 8.65. The van der Waals surface area contributed by atoms with E-state index in [-0.39, 0.29) is 0 Å². The zero-order chi connectivity index (χ0) is 18.6. The molecule has 26 heavy (non-hydrogen) atoms. The van der Waals surface area contributed by atoms with Crippen molar-refractivity contribution >= 4 is 5.96 Å². The average Bonchev–Trinajstić information content (AvgIpc) is 3.13. The van der Waals surface area contributed by atoms with Crippen molar-refractivity contribution in [3.8, 4) is 11.3 Å². The first-order valence-corrected chi connectivity index (χ1v) is 8.82. The topological polar surface area (TPSA) is 74.8 Å². The molecule has 0 bridgehead atoms. The lowest BCUT2D eigenvalue weighted by Gasteiger charge is -2.21. The molecule has 1 aromatic carbocycles. The molecule has 0 amide bonds. The Hall–Kier alpha value is -2.38. The normalized spacial score (nSPS) is 11.6. The van der Waals surface area contributed by atoms with Crippen LogP contribution < -0.4 is 5.32 Å². The number of imidazole rings is 1. The number of nitrogens with one attached hydrogen (secondary N) is 2. The second-order valence-corrected chi connectivity index (χ2v) is 5.90. The molecule has 0 fully saturated rings. The maximum atomic E-state index is 5.46. The summed E-state index contributed by atoms with van der Waals surface area (Å²) in [5.74, 6) is 1.73. The third-order valence-electron chi connectivity index (χ3n) is 3.85. The molecule has 2 aromatic rings. The van der Waals surface area contributed by atoms with Crippen molar-refractivity contribution in [2.45, 2.75) is 13.0 Å². The number of aromatic nitrogens is 2. The maximum absolute atomic E-state index is 5.46. The lowest BCUT2D eigenvalue weighted by Crippen LogP contribution is -2.39. The zero-order valence-corrected chi connectivity index (χ0v) is 15.9. The number of rotatable bonds is 10. The van der Waals surface area contributed by atoms with Gasteiger partial charge in [-0.3, -0.25) is 4.99 Å². The number of ether oxygens (including phenoxy) is 2. The Balaban J connectivity index is 1.76. The van der Waals surface area contributed by atoms with Crippen LogP contribution in [0, 0.1) is 0 Å². The largest absolute Gasteiger partial charge is 0.382 e. The van der Waals surface area contributed by atoms with Crippen LogP contribution in [0.15, 0.2) is 41.5 Å². The van der Waals surface area contributed by atoms with Gasteiger partial charge in [-0.05, 0) is 12.0 Å². The van der Waals surface area contributed by atoms with E-state index in [1.54, 1.807) is 14.2 Å². The molecule has 0 aliphatic carbocycles. The van der Waals surface area contributed by atoms with Crippen LogP contribution in [0.1, 0.15) is 12.2 Å². The fraction of sp³-hybridized carbons (Fsp3) is 0.474. The van der Waals surface area contributed by atoms with Crippen molar-refractivity contribution in [1.82, 2.24) is 20.2 Å². The average molecular weight is 359 g/mol. The quantitative estimate of drug-likeness (QED) is 0.386. The van der Waals surface area contributed by atoms with Crippen LogP contribution in [0.25, 0.3) is 11.3 Å². The summed E-state index contributed by atoms with van der Waals surface area (Å²) < 4.78 is 10.4. The molecule has 2 rings (SSSR count). The first-order chi connectivity index (χ1) is 12.7. The van der Waals surface area contributed by atoms with Gasteiger partial charge >= 0.3 is 0 Å². The molecule has 0 aliphatic rings. The highest BCUT2D eigenvalue weighted by Crippen LogP contribution is 2.16.